The maximum Gasteiger partial charge on any atom is 0.250 e. The van der Waals surface area contributed by atoms with E-state index in [2.05, 4.69) is 34.1 Å². The van der Waals surface area contributed by atoms with Gasteiger partial charge >= 0.3 is 0 Å². The van der Waals surface area contributed by atoms with Gasteiger partial charge in [-0.1, -0.05) is 30.3 Å². The fourth-order valence-electron chi connectivity index (χ4n) is 5.34. The minimum Gasteiger partial charge on any atom is -0.337 e. The summed E-state index contributed by atoms with van der Waals surface area (Å²) < 4.78 is 1.52. The van der Waals surface area contributed by atoms with Gasteiger partial charge in [0.2, 0.25) is 5.91 Å². The number of nitrogens with zero attached hydrogens (tertiary/aromatic N) is 3. The summed E-state index contributed by atoms with van der Waals surface area (Å²) >= 11 is 0. The minimum absolute atomic E-state index is 0.0829. The van der Waals surface area contributed by atoms with Gasteiger partial charge in [-0.05, 0) is 48.8 Å². The second-order valence-corrected chi connectivity index (χ2v) is 8.59. The highest BCUT2D eigenvalue weighted by atomic mass is 16.2. The smallest absolute Gasteiger partial charge is 0.250 e. The topological polar surface area (TPSA) is 45.6 Å². The first-order chi connectivity index (χ1) is 13.7. The number of hydrogen-bond donors (Lipinski definition) is 0. The Morgan fingerprint density at radius 2 is 1.64 bits per heavy atom. The maximum absolute atomic E-state index is 13.0. The summed E-state index contributed by atoms with van der Waals surface area (Å²) in [6.45, 7) is 3.04. The van der Waals surface area contributed by atoms with Gasteiger partial charge in [0.25, 0.3) is 5.56 Å². The summed E-state index contributed by atoms with van der Waals surface area (Å²) in [6, 6.07) is 14.7. The molecule has 3 aliphatic heterocycles. The average molecular weight is 377 g/mol. The van der Waals surface area contributed by atoms with Crippen LogP contribution in [0.25, 0.3) is 0 Å². The summed E-state index contributed by atoms with van der Waals surface area (Å²) in [5.74, 6) is 0.624. The summed E-state index contributed by atoms with van der Waals surface area (Å²) in [4.78, 5) is 29.7. The Morgan fingerprint density at radius 1 is 0.893 bits per heavy atom. The van der Waals surface area contributed by atoms with Crippen molar-refractivity contribution in [2.75, 3.05) is 19.6 Å². The van der Waals surface area contributed by atoms with E-state index in [-0.39, 0.29) is 24.1 Å². The molecule has 1 aliphatic carbocycles. The van der Waals surface area contributed by atoms with Crippen LogP contribution in [-0.2, 0) is 24.2 Å². The highest BCUT2D eigenvalue weighted by Crippen LogP contribution is 2.33. The van der Waals surface area contributed by atoms with Crippen LogP contribution in [0.15, 0.2) is 53.5 Å². The van der Waals surface area contributed by atoms with E-state index in [0.29, 0.717) is 12.0 Å². The van der Waals surface area contributed by atoms with Crippen LogP contribution in [0.5, 0.6) is 0 Å². The van der Waals surface area contributed by atoms with Gasteiger partial charge in [0.05, 0.1) is 0 Å². The molecule has 2 bridgehead atoms. The van der Waals surface area contributed by atoms with Gasteiger partial charge in [-0.25, -0.2) is 0 Å². The molecule has 1 aromatic carbocycles. The summed E-state index contributed by atoms with van der Waals surface area (Å²) in [5.41, 5.74) is 2.86. The van der Waals surface area contributed by atoms with Crippen molar-refractivity contribution in [1.29, 1.82) is 0 Å². The number of carbonyl (C=O) groups is 1. The Kier molecular flexibility index (Phi) is 4.55. The van der Waals surface area contributed by atoms with Crippen LogP contribution in [0.2, 0.25) is 0 Å². The van der Waals surface area contributed by atoms with Crippen molar-refractivity contribution in [3.8, 4) is 0 Å². The van der Waals surface area contributed by atoms with Crippen molar-refractivity contribution in [3.05, 3.63) is 70.1 Å². The van der Waals surface area contributed by atoms with Crippen molar-refractivity contribution in [2.45, 2.75) is 44.3 Å². The van der Waals surface area contributed by atoms with Crippen LogP contribution in [0.3, 0.4) is 0 Å². The lowest BCUT2D eigenvalue weighted by atomic mass is 9.95. The second kappa shape index (κ2) is 7.21. The highest BCUT2D eigenvalue weighted by molar-refractivity contribution is 5.76. The molecule has 2 atom stereocenters. The summed E-state index contributed by atoms with van der Waals surface area (Å²) in [7, 11) is 0. The Bertz CT molecular complexity index is 912. The van der Waals surface area contributed by atoms with Crippen molar-refractivity contribution < 1.29 is 4.79 Å². The summed E-state index contributed by atoms with van der Waals surface area (Å²) in [6.07, 6.45) is 6.25. The van der Waals surface area contributed by atoms with Crippen molar-refractivity contribution >= 4 is 5.91 Å². The zero-order chi connectivity index (χ0) is 19.1. The predicted molar refractivity (Wildman–Crippen MR) is 108 cm³/mol. The van der Waals surface area contributed by atoms with E-state index >= 15 is 0 Å². The highest BCUT2D eigenvalue weighted by Gasteiger charge is 2.40. The van der Waals surface area contributed by atoms with Crippen LogP contribution in [0.4, 0.5) is 0 Å². The van der Waals surface area contributed by atoms with Gasteiger partial charge in [-0.15, -0.1) is 0 Å². The summed E-state index contributed by atoms with van der Waals surface area (Å²) in [5, 5.41) is 0. The largest absolute Gasteiger partial charge is 0.337 e. The predicted octanol–water partition coefficient (Wildman–Crippen LogP) is 1.94. The third-order valence-corrected chi connectivity index (χ3v) is 6.81. The molecule has 1 amide bonds. The first kappa shape index (κ1) is 17.7. The standard InChI is InChI=1S/C23H27N3O2/c27-22-7-3-4-10-24(22)16-23(28)26-14-17-8-9-20(26)15-25(13-17)21-11-18-5-1-2-6-19(18)12-21/h1-7,10,17,20-21H,8-9,11-16H2/t17-,20+/m0/s1. The first-order valence-electron chi connectivity index (χ1n) is 10.4. The number of pyridine rings is 1. The molecule has 4 aliphatic rings. The number of hydrogen-bond acceptors (Lipinski definition) is 3. The zero-order valence-corrected chi connectivity index (χ0v) is 16.2. The SMILES string of the molecule is O=C(Cn1ccccc1=O)N1C[C@H]2CC[C@@H]1CN(C1Cc3ccccc3C1)C2. The monoisotopic (exact) mass is 377 g/mol. The normalized spacial score (nSPS) is 24.9. The van der Waals surface area contributed by atoms with Gasteiger partial charge in [-0.2, -0.15) is 0 Å². The minimum atomic E-state index is -0.110. The molecule has 0 N–H and O–H groups in total. The molecule has 28 heavy (non-hydrogen) atoms. The van der Waals surface area contributed by atoms with Crippen LogP contribution in [0.1, 0.15) is 24.0 Å². The fraction of sp³-hybridized carbons (Fsp3) is 0.478. The van der Waals surface area contributed by atoms with E-state index in [9.17, 15) is 9.59 Å². The zero-order valence-electron chi connectivity index (χ0n) is 16.2. The third-order valence-electron chi connectivity index (χ3n) is 6.81. The second-order valence-electron chi connectivity index (χ2n) is 8.59. The molecular formula is C23H27N3O2. The number of piperidine rings is 1. The van der Waals surface area contributed by atoms with Gasteiger partial charge in [-0.3, -0.25) is 14.5 Å². The van der Waals surface area contributed by atoms with Crippen LogP contribution in [0, 0.1) is 5.92 Å². The van der Waals surface area contributed by atoms with E-state index in [0.717, 1.165) is 38.9 Å². The van der Waals surface area contributed by atoms with E-state index in [1.807, 2.05) is 6.07 Å². The molecule has 0 spiro atoms. The molecule has 2 aromatic rings. The molecule has 5 nitrogen and oxygen atoms in total. The third kappa shape index (κ3) is 3.28. The fourth-order valence-corrected chi connectivity index (χ4v) is 5.34. The molecular weight excluding hydrogens is 350 g/mol. The van der Waals surface area contributed by atoms with E-state index in [1.54, 1.807) is 12.3 Å². The van der Waals surface area contributed by atoms with Crippen LogP contribution >= 0.6 is 0 Å². The number of fused-ring (bicyclic) bond motifs is 5. The van der Waals surface area contributed by atoms with Gasteiger partial charge in [0, 0.05) is 44.0 Å². The Labute approximate surface area is 165 Å². The quantitative estimate of drug-likeness (QED) is 0.821. The van der Waals surface area contributed by atoms with E-state index in [1.165, 1.54) is 28.2 Å². The molecule has 5 heteroatoms. The average Bonchev–Trinajstić information content (AvgIpc) is 2.92. The number of aromatic nitrogens is 1. The Hall–Kier alpha value is -2.40. The molecule has 3 saturated heterocycles. The lowest BCUT2D eigenvalue weighted by molar-refractivity contribution is -0.136. The molecule has 1 aromatic heterocycles. The number of carbonyl (C=O) groups excluding carboxylic acids is 1. The molecule has 6 rings (SSSR count). The molecule has 0 unspecified atom stereocenters. The number of benzene rings is 1. The molecule has 4 heterocycles. The number of rotatable bonds is 3. The van der Waals surface area contributed by atoms with Crippen LogP contribution in [-0.4, -0.2) is 52.0 Å². The lowest BCUT2D eigenvalue weighted by Gasteiger charge is -2.36. The maximum atomic E-state index is 13.0. The van der Waals surface area contributed by atoms with E-state index in [4.69, 9.17) is 0 Å². The molecule has 3 fully saturated rings. The van der Waals surface area contributed by atoms with Gasteiger partial charge in [0.1, 0.15) is 6.54 Å². The Balaban J connectivity index is 1.30. The van der Waals surface area contributed by atoms with Gasteiger partial charge in [0.15, 0.2) is 0 Å². The lowest BCUT2D eigenvalue weighted by Crippen LogP contribution is -2.49. The van der Waals surface area contributed by atoms with Crippen molar-refractivity contribution in [2.24, 2.45) is 5.92 Å². The molecule has 146 valence electrons. The van der Waals surface area contributed by atoms with E-state index < -0.39 is 0 Å². The molecule has 0 saturated carbocycles. The van der Waals surface area contributed by atoms with Gasteiger partial charge < -0.3 is 9.47 Å². The van der Waals surface area contributed by atoms with Crippen molar-refractivity contribution in [3.63, 3.8) is 0 Å². The van der Waals surface area contributed by atoms with Crippen molar-refractivity contribution in [1.82, 2.24) is 14.4 Å². The number of amides is 1. The Morgan fingerprint density at radius 3 is 2.39 bits per heavy atom. The molecule has 0 radical (unpaired) electrons. The van der Waals surface area contributed by atoms with Crippen LogP contribution < -0.4 is 5.56 Å². The first-order valence-corrected chi connectivity index (χ1v) is 10.4.